The van der Waals surface area contributed by atoms with E-state index in [0.29, 0.717) is 35.8 Å². The first kappa shape index (κ1) is 25.4. The maximum Gasteiger partial charge on any atom is 0.246 e. The number of nitrogen functional groups attached to an aromatic ring is 1. The standard InChI is InChI=1S/C25H26N6O2.CH4O/c1-2-21(32)31-14-6-7-18(15-31)30-25-22(24(27)28-16-29-25)23(26)17-10-12-20(13-11-17)33-19-8-4-3-5-9-19;1-2/h2-5,8-13,16,18,26H,1,6-7,14-15H2,(H3,27,28,29,30);2H,1H3. The van der Waals surface area contributed by atoms with Gasteiger partial charge in [-0.25, -0.2) is 9.97 Å². The first-order valence-electron chi connectivity index (χ1n) is 11.2. The lowest BCUT2D eigenvalue weighted by Gasteiger charge is -2.33. The number of aromatic nitrogens is 2. The van der Waals surface area contributed by atoms with E-state index in [-0.39, 0.29) is 23.5 Å². The summed E-state index contributed by atoms with van der Waals surface area (Å²) in [5.74, 6) is 2.02. The number of carbonyl (C=O) groups is 1. The summed E-state index contributed by atoms with van der Waals surface area (Å²) in [5.41, 5.74) is 7.46. The van der Waals surface area contributed by atoms with E-state index in [1.165, 1.54) is 12.4 Å². The highest BCUT2D eigenvalue weighted by molar-refractivity contribution is 6.16. The number of para-hydroxylation sites is 1. The molecule has 1 saturated heterocycles. The van der Waals surface area contributed by atoms with Gasteiger partial charge in [-0.15, -0.1) is 0 Å². The van der Waals surface area contributed by atoms with Crippen molar-refractivity contribution in [3.63, 3.8) is 0 Å². The highest BCUT2D eigenvalue weighted by Gasteiger charge is 2.25. The van der Waals surface area contributed by atoms with Crippen molar-refractivity contribution in [1.29, 1.82) is 5.41 Å². The van der Waals surface area contributed by atoms with Gasteiger partial charge in [0.05, 0.1) is 11.3 Å². The SMILES string of the molecule is C=CC(=O)N1CCCC(Nc2ncnc(N)c2C(=N)c2ccc(Oc3ccccc3)cc2)C1.CO. The number of aliphatic hydroxyl groups is 1. The maximum absolute atomic E-state index is 12.0. The van der Waals surface area contributed by atoms with Crippen LogP contribution in [0.15, 0.2) is 73.6 Å². The molecule has 0 bridgehead atoms. The minimum Gasteiger partial charge on any atom is -0.457 e. The number of carbonyl (C=O) groups excluding carboxylic acids is 1. The summed E-state index contributed by atoms with van der Waals surface area (Å²) in [5, 5.41) is 19.1. The second-order valence-corrected chi connectivity index (χ2v) is 7.77. The van der Waals surface area contributed by atoms with Crippen LogP contribution < -0.4 is 15.8 Å². The molecule has 1 atom stereocenters. The van der Waals surface area contributed by atoms with E-state index in [1.54, 1.807) is 4.90 Å². The Balaban J connectivity index is 0.00000167. The fourth-order valence-electron chi connectivity index (χ4n) is 3.83. The average molecular weight is 475 g/mol. The highest BCUT2D eigenvalue weighted by Crippen LogP contribution is 2.26. The summed E-state index contributed by atoms with van der Waals surface area (Å²) in [6, 6.07) is 16.7. The summed E-state index contributed by atoms with van der Waals surface area (Å²) in [7, 11) is 1.00. The summed E-state index contributed by atoms with van der Waals surface area (Å²) < 4.78 is 5.83. The molecule has 0 saturated carbocycles. The van der Waals surface area contributed by atoms with E-state index < -0.39 is 0 Å². The van der Waals surface area contributed by atoms with Crippen LogP contribution in [0.4, 0.5) is 11.6 Å². The minimum absolute atomic E-state index is 0.00912. The summed E-state index contributed by atoms with van der Waals surface area (Å²) in [6.07, 6.45) is 4.45. The number of benzene rings is 2. The van der Waals surface area contributed by atoms with Crippen molar-refractivity contribution in [2.24, 2.45) is 0 Å². The Morgan fingerprint density at radius 3 is 2.54 bits per heavy atom. The lowest BCUT2D eigenvalue weighted by atomic mass is 10.0. The number of nitrogens with two attached hydrogens (primary N) is 1. The number of piperidine rings is 1. The molecule has 9 nitrogen and oxygen atoms in total. The number of hydrogen-bond acceptors (Lipinski definition) is 8. The number of rotatable bonds is 7. The second-order valence-electron chi connectivity index (χ2n) is 7.77. The van der Waals surface area contributed by atoms with Gasteiger partial charge in [0.1, 0.15) is 29.5 Å². The quantitative estimate of drug-likeness (QED) is 0.304. The molecule has 0 spiro atoms. The maximum atomic E-state index is 12.0. The molecule has 5 N–H and O–H groups in total. The van der Waals surface area contributed by atoms with E-state index in [9.17, 15) is 4.79 Å². The number of aliphatic hydroxyl groups excluding tert-OH is 1. The molecular formula is C26H30N6O3. The van der Waals surface area contributed by atoms with Crippen molar-refractivity contribution < 1.29 is 14.6 Å². The number of hydrogen-bond donors (Lipinski definition) is 4. The molecular weight excluding hydrogens is 444 g/mol. The van der Waals surface area contributed by atoms with Crippen molar-refractivity contribution in [1.82, 2.24) is 14.9 Å². The van der Waals surface area contributed by atoms with Crippen molar-refractivity contribution in [2.75, 3.05) is 31.2 Å². The Hall–Kier alpha value is -4.24. The van der Waals surface area contributed by atoms with E-state index in [0.717, 1.165) is 25.7 Å². The van der Waals surface area contributed by atoms with Crippen LogP contribution in [-0.4, -0.2) is 57.8 Å². The lowest BCUT2D eigenvalue weighted by Crippen LogP contribution is -2.44. The Bertz CT molecular complexity index is 1150. The molecule has 35 heavy (non-hydrogen) atoms. The number of nitrogens with one attached hydrogen (secondary N) is 2. The van der Waals surface area contributed by atoms with Crippen molar-refractivity contribution >= 4 is 23.3 Å². The van der Waals surface area contributed by atoms with Crippen molar-refractivity contribution in [3.05, 3.63) is 84.7 Å². The summed E-state index contributed by atoms with van der Waals surface area (Å²) >= 11 is 0. The van der Waals surface area contributed by atoms with Gasteiger partial charge in [0.15, 0.2) is 0 Å². The van der Waals surface area contributed by atoms with Gasteiger partial charge >= 0.3 is 0 Å². The largest absolute Gasteiger partial charge is 0.457 e. The molecule has 2 heterocycles. The average Bonchev–Trinajstić information content (AvgIpc) is 2.90. The van der Waals surface area contributed by atoms with E-state index >= 15 is 0 Å². The van der Waals surface area contributed by atoms with Gasteiger partial charge in [-0.3, -0.25) is 10.2 Å². The second kappa shape index (κ2) is 12.3. The molecule has 1 unspecified atom stereocenters. The number of nitrogens with zero attached hydrogens (tertiary/aromatic N) is 3. The normalized spacial score (nSPS) is 14.8. The molecule has 1 aromatic heterocycles. The molecule has 2 aromatic carbocycles. The van der Waals surface area contributed by atoms with Gasteiger partial charge in [-0.05, 0) is 55.3 Å². The van der Waals surface area contributed by atoms with E-state index in [1.807, 2.05) is 54.6 Å². The van der Waals surface area contributed by atoms with Gasteiger partial charge < -0.3 is 25.8 Å². The van der Waals surface area contributed by atoms with Crippen LogP contribution in [0.25, 0.3) is 0 Å². The molecule has 4 rings (SSSR count). The lowest BCUT2D eigenvalue weighted by molar-refractivity contribution is -0.127. The van der Waals surface area contributed by atoms with E-state index in [4.69, 9.17) is 21.0 Å². The topological polar surface area (TPSA) is 137 Å². The van der Waals surface area contributed by atoms with Gasteiger partial charge in [-0.2, -0.15) is 0 Å². The van der Waals surface area contributed by atoms with Crippen molar-refractivity contribution in [2.45, 2.75) is 18.9 Å². The zero-order valence-corrected chi connectivity index (χ0v) is 19.6. The minimum atomic E-state index is -0.0884. The fraction of sp³-hybridized carbons (Fsp3) is 0.231. The fourth-order valence-corrected chi connectivity index (χ4v) is 3.83. The third-order valence-corrected chi connectivity index (χ3v) is 5.50. The number of anilines is 2. The third kappa shape index (κ3) is 6.42. The predicted octanol–water partition coefficient (Wildman–Crippen LogP) is 3.46. The summed E-state index contributed by atoms with van der Waals surface area (Å²) in [6.45, 7) is 4.81. The Morgan fingerprint density at radius 1 is 1.17 bits per heavy atom. The van der Waals surface area contributed by atoms with Crippen LogP contribution in [-0.2, 0) is 4.79 Å². The highest BCUT2D eigenvalue weighted by atomic mass is 16.5. The van der Waals surface area contributed by atoms with Crippen LogP contribution >= 0.6 is 0 Å². The predicted molar refractivity (Wildman–Crippen MR) is 137 cm³/mol. The molecule has 1 amide bonds. The van der Waals surface area contributed by atoms with E-state index in [2.05, 4.69) is 21.9 Å². The number of likely N-dealkylation sites (tertiary alicyclic amines) is 1. The van der Waals surface area contributed by atoms with Gasteiger partial charge in [-0.1, -0.05) is 24.8 Å². The zero-order valence-electron chi connectivity index (χ0n) is 19.6. The Kier molecular flexibility index (Phi) is 8.91. The van der Waals surface area contributed by atoms with Gasteiger partial charge in [0, 0.05) is 31.8 Å². The summed E-state index contributed by atoms with van der Waals surface area (Å²) in [4.78, 5) is 22.2. The van der Waals surface area contributed by atoms with Crippen LogP contribution in [0.1, 0.15) is 24.0 Å². The molecule has 0 radical (unpaired) electrons. The molecule has 9 heteroatoms. The zero-order chi connectivity index (χ0) is 25.2. The number of amides is 1. The Morgan fingerprint density at radius 2 is 1.86 bits per heavy atom. The van der Waals surface area contributed by atoms with Crippen LogP contribution in [0.3, 0.4) is 0 Å². The monoisotopic (exact) mass is 474 g/mol. The van der Waals surface area contributed by atoms with Gasteiger partial charge in [0.2, 0.25) is 5.91 Å². The molecule has 182 valence electrons. The smallest absolute Gasteiger partial charge is 0.246 e. The molecule has 1 aliphatic heterocycles. The Labute approximate surface area is 204 Å². The molecule has 3 aromatic rings. The molecule has 1 fully saturated rings. The molecule has 0 aliphatic carbocycles. The first-order chi connectivity index (χ1) is 17.0. The molecule has 1 aliphatic rings. The van der Waals surface area contributed by atoms with Crippen LogP contribution in [0, 0.1) is 5.41 Å². The van der Waals surface area contributed by atoms with Crippen LogP contribution in [0.5, 0.6) is 11.5 Å². The van der Waals surface area contributed by atoms with Crippen molar-refractivity contribution in [3.8, 4) is 11.5 Å². The number of ether oxygens (including phenoxy) is 1. The third-order valence-electron chi connectivity index (χ3n) is 5.50. The first-order valence-corrected chi connectivity index (χ1v) is 11.2. The van der Waals surface area contributed by atoms with Crippen LogP contribution in [0.2, 0.25) is 0 Å². The van der Waals surface area contributed by atoms with Gasteiger partial charge in [0.25, 0.3) is 0 Å².